The summed E-state index contributed by atoms with van der Waals surface area (Å²) in [6, 6.07) is 0.619. The van der Waals surface area contributed by atoms with Crippen molar-refractivity contribution in [3.63, 3.8) is 0 Å². The Balaban J connectivity index is 1.57. The molecule has 1 saturated carbocycles. The van der Waals surface area contributed by atoms with Crippen LogP contribution in [0.3, 0.4) is 0 Å². The number of esters is 1. The highest BCUT2D eigenvalue weighted by atomic mass is 16.5. The molecule has 0 aromatic carbocycles. The number of rotatable bonds is 2. The molecule has 0 aromatic rings. The largest absolute Gasteiger partial charge is 0.469 e. The van der Waals surface area contributed by atoms with E-state index in [4.69, 9.17) is 9.47 Å². The molecule has 3 fully saturated rings. The van der Waals surface area contributed by atoms with E-state index in [1.54, 1.807) is 0 Å². The van der Waals surface area contributed by atoms with Crippen LogP contribution in [-0.2, 0) is 14.3 Å². The fourth-order valence-corrected chi connectivity index (χ4v) is 3.71. The highest BCUT2D eigenvalue weighted by molar-refractivity contribution is 5.72. The monoisotopic (exact) mass is 253 g/mol. The molecule has 0 N–H and O–H groups in total. The third-order valence-electron chi connectivity index (χ3n) is 5.00. The molecule has 4 heteroatoms. The summed E-state index contributed by atoms with van der Waals surface area (Å²) in [5.74, 6) is 0.0538. The minimum atomic E-state index is -0.0390. The molecule has 1 spiro atoms. The van der Waals surface area contributed by atoms with Gasteiger partial charge < -0.3 is 9.47 Å². The van der Waals surface area contributed by atoms with Crippen LogP contribution < -0.4 is 0 Å². The van der Waals surface area contributed by atoms with Gasteiger partial charge in [-0.05, 0) is 45.1 Å². The number of likely N-dealkylation sites (tertiary alicyclic amines) is 1. The van der Waals surface area contributed by atoms with Crippen LogP contribution in [0.5, 0.6) is 0 Å². The van der Waals surface area contributed by atoms with Gasteiger partial charge in [-0.1, -0.05) is 0 Å². The predicted octanol–water partition coefficient (Wildman–Crippen LogP) is 1.58. The summed E-state index contributed by atoms with van der Waals surface area (Å²) >= 11 is 0. The normalized spacial score (nSPS) is 35.4. The van der Waals surface area contributed by atoms with E-state index >= 15 is 0 Å². The molecule has 2 saturated heterocycles. The van der Waals surface area contributed by atoms with Crippen molar-refractivity contribution in [1.82, 2.24) is 4.90 Å². The van der Waals surface area contributed by atoms with Gasteiger partial charge >= 0.3 is 5.97 Å². The summed E-state index contributed by atoms with van der Waals surface area (Å²) in [7, 11) is 1.49. The van der Waals surface area contributed by atoms with E-state index in [0.29, 0.717) is 6.04 Å². The third kappa shape index (κ3) is 2.16. The lowest BCUT2D eigenvalue weighted by Crippen LogP contribution is -2.51. The Labute approximate surface area is 109 Å². The summed E-state index contributed by atoms with van der Waals surface area (Å²) in [5.41, 5.74) is 0.201. The number of methoxy groups -OCH3 is 1. The van der Waals surface area contributed by atoms with Crippen LogP contribution in [0.1, 0.15) is 38.5 Å². The predicted molar refractivity (Wildman–Crippen MR) is 67.3 cm³/mol. The highest BCUT2D eigenvalue weighted by Crippen LogP contribution is 2.44. The maximum atomic E-state index is 11.6. The van der Waals surface area contributed by atoms with Crippen molar-refractivity contribution >= 4 is 5.97 Å². The fourth-order valence-electron chi connectivity index (χ4n) is 3.71. The zero-order chi connectivity index (χ0) is 12.6. The summed E-state index contributed by atoms with van der Waals surface area (Å²) in [6.07, 6.45) is 7.03. The minimum absolute atomic E-state index is 0.0390. The van der Waals surface area contributed by atoms with Crippen molar-refractivity contribution in [2.45, 2.75) is 50.2 Å². The van der Waals surface area contributed by atoms with E-state index < -0.39 is 0 Å². The first-order valence-corrected chi connectivity index (χ1v) is 7.18. The molecule has 0 bridgehead atoms. The molecule has 1 aliphatic carbocycles. The van der Waals surface area contributed by atoms with Crippen molar-refractivity contribution < 1.29 is 14.3 Å². The molecule has 2 aliphatic heterocycles. The van der Waals surface area contributed by atoms with Gasteiger partial charge in [-0.3, -0.25) is 9.69 Å². The molecule has 2 unspecified atom stereocenters. The standard InChI is InChI=1S/C14H23NO3/c1-17-13(16)11-3-7-15(10-11)12-4-8-18-14(9-12)5-2-6-14/h11-12H,2-10H2,1H3. The van der Waals surface area contributed by atoms with Crippen LogP contribution in [0.4, 0.5) is 0 Å². The molecule has 102 valence electrons. The van der Waals surface area contributed by atoms with E-state index in [1.165, 1.54) is 32.8 Å². The van der Waals surface area contributed by atoms with E-state index in [1.807, 2.05) is 0 Å². The lowest BCUT2D eigenvalue weighted by Gasteiger charge is -2.49. The summed E-state index contributed by atoms with van der Waals surface area (Å²) in [5, 5.41) is 0. The van der Waals surface area contributed by atoms with Crippen molar-refractivity contribution in [1.29, 1.82) is 0 Å². The van der Waals surface area contributed by atoms with Gasteiger partial charge in [0.2, 0.25) is 0 Å². The van der Waals surface area contributed by atoms with Crippen LogP contribution in [0.25, 0.3) is 0 Å². The second-order valence-electron chi connectivity index (χ2n) is 6.04. The van der Waals surface area contributed by atoms with Gasteiger partial charge in [-0.25, -0.2) is 0 Å². The fraction of sp³-hybridized carbons (Fsp3) is 0.929. The average Bonchev–Trinajstić information content (AvgIpc) is 2.86. The maximum Gasteiger partial charge on any atom is 0.310 e. The van der Waals surface area contributed by atoms with E-state index in [0.717, 1.165) is 32.5 Å². The smallest absolute Gasteiger partial charge is 0.310 e. The Morgan fingerprint density at radius 1 is 1.39 bits per heavy atom. The number of hydrogen-bond acceptors (Lipinski definition) is 4. The molecule has 3 rings (SSSR count). The number of carbonyl (C=O) groups excluding carboxylic acids is 1. The van der Waals surface area contributed by atoms with Gasteiger partial charge in [0.25, 0.3) is 0 Å². The second kappa shape index (κ2) is 4.82. The van der Waals surface area contributed by atoms with Gasteiger partial charge in [0.05, 0.1) is 18.6 Å². The molecule has 2 atom stereocenters. The van der Waals surface area contributed by atoms with Gasteiger partial charge in [0.1, 0.15) is 0 Å². The SMILES string of the molecule is COC(=O)C1CCN(C2CCOC3(CCC3)C2)C1. The zero-order valence-corrected chi connectivity index (χ0v) is 11.2. The molecule has 2 heterocycles. The minimum Gasteiger partial charge on any atom is -0.469 e. The maximum absolute atomic E-state index is 11.6. The van der Waals surface area contributed by atoms with Gasteiger partial charge in [-0.15, -0.1) is 0 Å². The molecular formula is C14H23NO3. The topological polar surface area (TPSA) is 38.8 Å². The van der Waals surface area contributed by atoms with Gasteiger partial charge in [-0.2, -0.15) is 0 Å². The van der Waals surface area contributed by atoms with Crippen molar-refractivity contribution in [2.75, 3.05) is 26.8 Å². The highest BCUT2D eigenvalue weighted by Gasteiger charge is 2.45. The second-order valence-corrected chi connectivity index (χ2v) is 6.04. The summed E-state index contributed by atoms with van der Waals surface area (Å²) < 4.78 is 10.8. The molecule has 0 radical (unpaired) electrons. The van der Waals surface area contributed by atoms with Crippen molar-refractivity contribution in [3.8, 4) is 0 Å². The van der Waals surface area contributed by atoms with Crippen LogP contribution in [0.2, 0.25) is 0 Å². The van der Waals surface area contributed by atoms with Crippen molar-refractivity contribution in [3.05, 3.63) is 0 Å². The Kier molecular flexibility index (Phi) is 3.32. The summed E-state index contributed by atoms with van der Waals surface area (Å²) in [6.45, 7) is 2.82. The third-order valence-corrected chi connectivity index (χ3v) is 5.00. The molecule has 4 nitrogen and oxygen atoms in total. The zero-order valence-electron chi connectivity index (χ0n) is 11.2. The molecule has 0 aromatic heterocycles. The van der Waals surface area contributed by atoms with E-state index in [-0.39, 0.29) is 17.5 Å². The molecule has 18 heavy (non-hydrogen) atoms. The first-order chi connectivity index (χ1) is 8.72. The first-order valence-electron chi connectivity index (χ1n) is 7.18. The lowest BCUT2D eigenvalue weighted by molar-refractivity contribution is -0.149. The van der Waals surface area contributed by atoms with Crippen LogP contribution in [0.15, 0.2) is 0 Å². The first kappa shape index (κ1) is 12.4. The van der Waals surface area contributed by atoms with E-state index in [9.17, 15) is 4.79 Å². The van der Waals surface area contributed by atoms with Crippen LogP contribution in [-0.4, -0.2) is 49.3 Å². The van der Waals surface area contributed by atoms with Crippen molar-refractivity contribution in [2.24, 2.45) is 5.92 Å². The summed E-state index contributed by atoms with van der Waals surface area (Å²) in [4.78, 5) is 14.1. The molecule has 3 aliphatic rings. The van der Waals surface area contributed by atoms with E-state index in [2.05, 4.69) is 4.90 Å². The Bertz CT molecular complexity index is 327. The number of ether oxygens (including phenoxy) is 2. The Morgan fingerprint density at radius 2 is 2.22 bits per heavy atom. The number of nitrogens with zero attached hydrogens (tertiary/aromatic N) is 1. The molecule has 0 amide bonds. The average molecular weight is 253 g/mol. The van der Waals surface area contributed by atoms with Crippen LogP contribution in [0, 0.1) is 5.92 Å². The number of carbonyl (C=O) groups is 1. The Morgan fingerprint density at radius 3 is 2.89 bits per heavy atom. The molecular weight excluding hydrogens is 230 g/mol. The Hall–Kier alpha value is -0.610. The quantitative estimate of drug-likeness (QED) is 0.700. The van der Waals surface area contributed by atoms with Crippen LogP contribution >= 0.6 is 0 Å². The van der Waals surface area contributed by atoms with Gasteiger partial charge in [0, 0.05) is 19.2 Å². The number of hydrogen-bond donors (Lipinski definition) is 0. The van der Waals surface area contributed by atoms with Gasteiger partial charge in [0.15, 0.2) is 0 Å². The lowest BCUT2D eigenvalue weighted by atomic mass is 9.73.